The van der Waals surface area contributed by atoms with E-state index in [0.717, 1.165) is 33.4 Å². The van der Waals surface area contributed by atoms with Crippen LogP contribution in [-0.2, 0) is 4.79 Å². The number of ether oxygens (including phenoxy) is 1. The number of thioether (sulfide) groups is 1. The third-order valence-electron chi connectivity index (χ3n) is 4.85. The Bertz CT molecular complexity index is 1150. The summed E-state index contributed by atoms with van der Waals surface area (Å²) in [7, 11) is 1.46. The Hall–Kier alpha value is -3.64. The summed E-state index contributed by atoms with van der Waals surface area (Å²) in [6.45, 7) is -0.0707. The van der Waals surface area contributed by atoms with E-state index in [4.69, 9.17) is 4.74 Å². The molecule has 1 heterocycles. The molecule has 0 unspecified atom stereocenters. The first-order chi connectivity index (χ1) is 15.0. The first-order valence-corrected chi connectivity index (χ1v) is 10.5. The molecule has 31 heavy (non-hydrogen) atoms. The number of amides is 2. The Labute approximate surface area is 184 Å². The second-order valence-electron chi connectivity index (χ2n) is 6.96. The molecule has 0 radical (unpaired) electrons. The number of carbonyl (C=O) groups excluding carboxylic acids is 3. The maximum atomic E-state index is 12.4. The van der Waals surface area contributed by atoms with Crippen molar-refractivity contribution >= 4 is 34.8 Å². The zero-order valence-electron chi connectivity index (χ0n) is 16.8. The van der Waals surface area contributed by atoms with Gasteiger partial charge in [-0.2, -0.15) is 0 Å². The minimum atomic E-state index is -0.306. The van der Waals surface area contributed by atoms with Gasteiger partial charge in [-0.3, -0.25) is 19.3 Å². The Balaban J connectivity index is 1.35. The Kier molecular flexibility index (Phi) is 6.00. The highest BCUT2D eigenvalue weighted by molar-refractivity contribution is 8.18. The number of ketones is 1. The van der Waals surface area contributed by atoms with Gasteiger partial charge >= 0.3 is 0 Å². The van der Waals surface area contributed by atoms with Gasteiger partial charge in [-0.25, -0.2) is 0 Å². The lowest BCUT2D eigenvalue weighted by Crippen LogP contribution is -2.22. The second kappa shape index (κ2) is 9.02. The molecule has 0 atom stereocenters. The van der Waals surface area contributed by atoms with Gasteiger partial charge < -0.3 is 4.74 Å². The van der Waals surface area contributed by atoms with Crippen LogP contribution in [0.4, 0.5) is 4.79 Å². The van der Waals surface area contributed by atoms with Crippen molar-refractivity contribution in [1.29, 1.82) is 0 Å². The minimum absolute atomic E-state index is 0.0707. The molecular weight excluding hydrogens is 410 g/mol. The molecule has 1 fully saturated rings. The molecule has 1 aliphatic rings. The number of likely N-dealkylation sites (N-methyl/N-ethyl adjacent to an activating group) is 1. The van der Waals surface area contributed by atoms with Crippen LogP contribution in [0.3, 0.4) is 0 Å². The maximum absolute atomic E-state index is 12.4. The van der Waals surface area contributed by atoms with Crippen LogP contribution in [0.5, 0.6) is 5.75 Å². The lowest BCUT2D eigenvalue weighted by molar-refractivity contribution is -0.121. The molecule has 154 valence electrons. The number of rotatable bonds is 6. The summed E-state index contributed by atoms with van der Waals surface area (Å²) in [6.07, 6.45) is 1.66. The van der Waals surface area contributed by atoms with Gasteiger partial charge in [0.15, 0.2) is 12.4 Å². The SMILES string of the molecule is CN1C(=O)S/C(=C\c2ccc(OCC(=O)c3ccc(-c4ccccc4)cc3)cc2)C1=O. The minimum Gasteiger partial charge on any atom is -0.485 e. The molecule has 0 spiro atoms. The fourth-order valence-electron chi connectivity index (χ4n) is 3.07. The lowest BCUT2D eigenvalue weighted by atomic mass is 10.0. The van der Waals surface area contributed by atoms with Gasteiger partial charge in [0.2, 0.25) is 0 Å². The number of hydrogen-bond acceptors (Lipinski definition) is 5. The van der Waals surface area contributed by atoms with E-state index in [1.165, 1.54) is 7.05 Å². The first kappa shape index (κ1) is 20.6. The highest BCUT2D eigenvalue weighted by atomic mass is 32.2. The van der Waals surface area contributed by atoms with Crippen LogP contribution in [0, 0.1) is 0 Å². The van der Waals surface area contributed by atoms with Crippen molar-refractivity contribution < 1.29 is 19.1 Å². The summed E-state index contributed by atoms with van der Waals surface area (Å²) in [4.78, 5) is 37.4. The second-order valence-corrected chi connectivity index (χ2v) is 7.96. The van der Waals surface area contributed by atoms with Gasteiger partial charge in [-0.05, 0) is 46.7 Å². The molecule has 4 rings (SSSR count). The molecular formula is C25H19NO4S. The third kappa shape index (κ3) is 4.75. The molecule has 0 saturated carbocycles. The van der Waals surface area contributed by atoms with Crippen LogP contribution in [0.15, 0.2) is 83.8 Å². The van der Waals surface area contributed by atoms with Crippen molar-refractivity contribution in [2.75, 3.05) is 13.7 Å². The average Bonchev–Trinajstić information content (AvgIpc) is 3.05. The Morgan fingerprint density at radius 3 is 2.16 bits per heavy atom. The number of nitrogens with zero attached hydrogens (tertiary/aromatic N) is 1. The van der Waals surface area contributed by atoms with Crippen LogP contribution in [0.2, 0.25) is 0 Å². The largest absolute Gasteiger partial charge is 0.485 e. The molecule has 0 aliphatic carbocycles. The molecule has 2 amide bonds. The summed E-state index contributed by atoms with van der Waals surface area (Å²) in [5.41, 5.74) is 3.51. The van der Waals surface area contributed by atoms with E-state index in [1.807, 2.05) is 42.5 Å². The molecule has 5 nitrogen and oxygen atoms in total. The van der Waals surface area contributed by atoms with Crippen LogP contribution < -0.4 is 4.74 Å². The zero-order valence-corrected chi connectivity index (χ0v) is 17.6. The number of benzene rings is 3. The number of Topliss-reactive ketones (excluding diaryl/α,β-unsaturated/α-hetero) is 1. The monoisotopic (exact) mass is 429 g/mol. The number of carbonyl (C=O) groups is 3. The highest BCUT2D eigenvalue weighted by Crippen LogP contribution is 2.31. The van der Waals surface area contributed by atoms with Crippen molar-refractivity contribution in [2.45, 2.75) is 0 Å². The first-order valence-electron chi connectivity index (χ1n) is 9.64. The molecule has 1 saturated heterocycles. The standard InChI is InChI=1S/C25H19NO4S/c1-26-24(28)23(31-25(26)29)15-17-7-13-21(14-8-17)30-16-22(27)20-11-9-19(10-12-20)18-5-3-2-4-6-18/h2-15H,16H2,1H3/b23-15-. The van der Waals surface area contributed by atoms with Gasteiger partial charge in [-0.1, -0.05) is 66.7 Å². The smallest absolute Gasteiger partial charge is 0.293 e. The molecule has 0 bridgehead atoms. The van der Waals surface area contributed by atoms with Crippen molar-refractivity contribution in [3.05, 3.63) is 94.9 Å². The van der Waals surface area contributed by atoms with E-state index in [2.05, 4.69) is 0 Å². The van der Waals surface area contributed by atoms with Crippen LogP contribution >= 0.6 is 11.8 Å². The van der Waals surface area contributed by atoms with Crippen LogP contribution in [0.25, 0.3) is 17.2 Å². The topological polar surface area (TPSA) is 63.7 Å². The summed E-state index contributed by atoms with van der Waals surface area (Å²) in [5.74, 6) is 0.134. The summed E-state index contributed by atoms with van der Waals surface area (Å²) in [6, 6.07) is 24.4. The van der Waals surface area contributed by atoms with E-state index in [-0.39, 0.29) is 23.5 Å². The third-order valence-corrected chi connectivity index (χ3v) is 5.81. The summed E-state index contributed by atoms with van der Waals surface area (Å²) in [5, 5.41) is -0.286. The fourth-order valence-corrected chi connectivity index (χ4v) is 3.90. The predicted octanol–water partition coefficient (Wildman–Crippen LogP) is 5.28. The molecule has 0 aromatic heterocycles. The maximum Gasteiger partial charge on any atom is 0.293 e. The predicted molar refractivity (Wildman–Crippen MR) is 122 cm³/mol. The molecule has 3 aromatic rings. The van der Waals surface area contributed by atoms with E-state index in [0.29, 0.717) is 16.2 Å². The van der Waals surface area contributed by atoms with Gasteiger partial charge in [-0.15, -0.1) is 0 Å². The Morgan fingerprint density at radius 2 is 1.55 bits per heavy atom. The van der Waals surface area contributed by atoms with Gasteiger partial charge in [0.1, 0.15) is 5.75 Å². The normalized spacial score (nSPS) is 14.9. The quantitative estimate of drug-likeness (QED) is 0.394. The van der Waals surface area contributed by atoms with E-state index in [1.54, 1.807) is 42.5 Å². The lowest BCUT2D eigenvalue weighted by Gasteiger charge is -2.07. The molecule has 1 aliphatic heterocycles. The fraction of sp³-hybridized carbons (Fsp3) is 0.0800. The van der Waals surface area contributed by atoms with Gasteiger partial charge in [0.25, 0.3) is 11.1 Å². The van der Waals surface area contributed by atoms with E-state index >= 15 is 0 Å². The molecule has 3 aromatic carbocycles. The van der Waals surface area contributed by atoms with Crippen molar-refractivity contribution in [3.8, 4) is 16.9 Å². The average molecular weight is 429 g/mol. The van der Waals surface area contributed by atoms with E-state index in [9.17, 15) is 14.4 Å². The van der Waals surface area contributed by atoms with Gasteiger partial charge in [0, 0.05) is 12.6 Å². The Morgan fingerprint density at radius 1 is 0.903 bits per heavy atom. The number of imide groups is 1. The molecule has 6 heteroatoms. The van der Waals surface area contributed by atoms with Crippen LogP contribution in [-0.4, -0.2) is 35.5 Å². The van der Waals surface area contributed by atoms with Crippen molar-refractivity contribution in [3.63, 3.8) is 0 Å². The van der Waals surface area contributed by atoms with Crippen molar-refractivity contribution in [2.24, 2.45) is 0 Å². The van der Waals surface area contributed by atoms with Crippen molar-refractivity contribution in [1.82, 2.24) is 4.90 Å². The van der Waals surface area contributed by atoms with Gasteiger partial charge in [0.05, 0.1) is 4.91 Å². The molecule has 0 N–H and O–H groups in total. The summed E-state index contributed by atoms with van der Waals surface area (Å²) < 4.78 is 5.61. The zero-order chi connectivity index (χ0) is 21.8. The summed E-state index contributed by atoms with van der Waals surface area (Å²) >= 11 is 0.915. The van der Waals surface area contributed by atoms with Crippen LogP contribution in [0.1, 0.15) is 15.9 Å². The number of hydrogen-bond donors (Lipinski definition) is 0. The highest BCUT2D eigenvalue weighted by Gasteiger charge is 2.31. The van der Waals surface area contributed by atoms with E-state index < -0.39 is 0 Å².